The van der Waals surface area contributed by atoms with E-state index in [1.807, 2.05) is 33.8 Å². The molecule has 0 spiro atoms. The first-order valence-corrected chi connectivity index (χ1v) is 17.1. The molecule has 4 aromatic rings. The summed E-state index contributed by atoms with van der Waals surface area (Å²) in [5.41, 5.74) is 11.7. The lowest BCUT2D eigenvalue weighted by Crippen LogP contribution is -2.48. The summed E-state index contributed by atoms with van der Waals surface area (Å²) in [6, 6.07) is 35.4. The Morgan fingerprint density at radius 1 is 0.812 bits per heavy atom. The molecular formula is C45H47BO2. The molecule has 6 rings (SSSR count). The number of aliphatic hydroxyl groups is 1. The van der Waals surface area contributed by atoms with E-state index in [2.05, 4.69) is 148 Å². The van der Waals surface area contributed by atoms with Gasteiger partial charge in [0.05, 0.1) is 16.6 Å². The molecule has 48 heavy (non-hydrogen) atoms. The zero-order valence-corrected chi connectivity index (χ0v) is 29.3. The molecule has 0 radical (unpaired) electrons. The topological polar surface area (TPSA) is 29.5 Å². The molecule has 0 amide bonds. The smallest absolute Gasteiger partial charge is 0.305 e. The third-order valence-electron chi connectivity index (χ3n) is 10.7. The van der Waals surface area contributed by atoms with Gasteiger partial charge in [-0.15, -0.1) is 0 Å². The Labute approximate surface area is 288 Å². The Hall–Kier alpha value is -4.44. The molecule has 0 aliphatic heterocycles. The van der Waals surface area contributed by atoms with Crippen molar-refractivity contribution < 1.29 is 9.76 Å². The van der Waals surface area contributed by atoms with Gasteiger partial charge in [0.2, 0.25) is 0 Å². The second-order valence-corrected chi connectivity index (χ2v) is 14.2. The molecule has 242 valence electrons. The Balaban J connectivity index is 1.61. The second kappa shape index (κ2) is 13.2. The van der Waals surface area contributed by atoms with Crippen LogP contribution in [-0.2, 0) is 10.1 Å². The number of hydrogen-bond donors (Lipinski definition) is 1. The van der Waals surface area contributed by atoms with E-state index in [0.29, 0.717) is 7.48 Å². The van der Waals surface area contributed by atoms with Crippen molar-refractivity contribution in [2.75, 3.05) is 0 Å². The van der Waals surface area contributed by atoms with Crippen LogP contribution >= 0.6 is 0 Å². The fourth-order valence-corrected chi connectivity index (χ4v) is 7.21. The Morgan fingerprint density at radius 3 is 1.81 bits per heavy atom. The van der Waals surface area contributed by atoms with E-state index >= 15 is 0 Å². The van der Waals surface area contributed by atoms with Crippen molar-refractivity contribution in [3.05, 3.63) is 168 Å². The Kier molecular flexibility index (Phi) is 9.22. The normalized spacial score (nSPS) is 17.4. The average Bonchev–Trinajstić information content (AvgIpc) is 3.38. The molecular weight excluding hydrogens is 583 g/mol. The highest BCUT2D eigenvalue weighted by molar-refractivity contribution is 6.38. The average molecular weight is 631 g/mol. The number of fused-ring (bicyclic) bond motifs is 3. The first-order valence-electron chi connectivity index (χ1n) is 17.1. The van der Waals surface area contributed by atoms with Crippen molar-refractivity contribution >= 4 is 7.48 Å². The SMILES string of the molecule is C=C/C=C\C(=C/C)C1(C2=CC=C(BOC(C)(C)C(C)(C)O)C(C)C2)c2cc(-c3ccccc3)ccc2-c2ccc(-c3ccccc3)cc21. The van der Waals surface area contributed by atoms with Gasteiger partial charge in [-0.3, -0.25) is 0 Å². The monoisotopic (exact) mass is 630 g/mol. The predicted molar refractivity (Wildman–Crippen MR) is 205 cm³/mol. The van der Waals surface area contributed by atoms with Crippen molar-refractivity contribution in [2.45, 2.75) is 64.6 Å². The first-order chi connectivity index (χ1) is 23.0. The third kappa shape index (κ3) is 5.91. The lowest BCUT2D eigenvalue weighted by atomic mass is 9.61. The van der Waals surface area contributed by atoms with Crippen LogP contribution in [0.3, 0.4) is 0 Å². The van der Waals surface area contributed by atoms with Crippen molar-refractivity contribution in [1.29, 1.82) is 0 Å². The lowest BCUT2D eigenvalue weighted by molar-refractivity contribution is -0.0898. The zero-order chi connectivity index (χ0) is 34.1. The minimum absolute atomic E-state index is 0.253. The molecule has 0 bridgehead atoms. The fraction of sp³-hybridized carbons (Fsp3) is 0.244. The van der Waals surface area contributed by atoms with Crippen molar-refractivity contribution in [3.8, 4) is 33.4 Å². The van der Waals surface area contributed by atoms with E-state index in [1.54, 1.807) is 0 Å². The molecule has 0 heterocycles. The molecule has 2 aliphatic rings. The van der Waals surface area contributed by atoms with Crippen LogP contribution in [0.25, 0.3) is 33.4 Å². The summed E-state index contributed by atoms with van der Waals surface area (Å²) in [5, 5.41) is 10.7. The number of benzene rings is 4. The van der Waals surface area contributed by atoms with Crippen molar-refractivity contribution in [1.82, 2.24) is 0 Å². The highest BCUT2D eigenvalue weighted by Gasteiger charge is 2.49. The molecule has 4 aromatic carbocycles. The predicted octanol–water partition coefficient (Wildman–Crippen LogP) is 10.7. The van der Waals surface area contributed by atoms with Crippen LogP contribution in [0.4, 0.5) is 0 Å². The van der Waals surface area contributed by atoms with Gasteiger partial charge in [0.25, 0.3) is 0 Å². The number of rotatable bonds is 10. The van der Waals surface area contributed by atoms with Crippen LogP contribution in [0, 0.1) is 5.92 Å². The quantitative estimate of drug-likeness (QED) is 0.140. The fourth-order valence-electron chi connectivity index (χ4n) is 7.21. The van der Waals surface area contributed by atoms with E-state index < -0.39 is 16.6 Å². The van der Waals surface area contributed by atoms with E-state index in [1.165, 1.54) is 61.1 Å². The minimum Gasteiger partial charge on any atom is -0.427 e. The van der Waals surface area contributed by atoms with E-state index in [9.17, 15) is 5.11 Å². The maximum Gasteiger partial charge on any atom is 0.305 e. The van der Waals surface area contributed by atoms with Gasteiger partial charge in [-0.2, -0.15) is 0 Å². The highest BCUT2D eigenvalue weighted by Crippen LogP contribution is 2.60. The van der Waals surface area contributed by atoms with Gasteiger partial charge in [0.1, 0.15) is 0 Å². The van der Waals surface area contributed by atoms with Crippen LogP contribution in [0.5, 0.6) is 0 Å². The summed E-state index contributed by atoms with van der Waals surface area (Å²) in [7, 11) is 0.477. The van der Waals surface area contributed by atoms with Gasteiger partial charge in [-0.25, -0.2) is 0 Å². The molecule has 2 aliphatic carbocycles. The molecule has 0 saturated heterocycles. The molecule has 0 aromatic heterocycles. The van der Waals surface area contributed by atoms with Crippen molar-refractivity contribution in [2.24, 2.45) is 5.92 Å². The summed E-state index contributed by atoms with van der Waals surface area (Å²) in [6.45, 7) is 16.0. The molecule has 1 unspecified atom stereocenters. The van der Waals surface area contributed by atoms with Crippen LogP contribution in [-0.4, -0.2) is 23.8 Å². The van der Waals surface area contributed by atoms with Gasteiger partial charge in [-0.05, 0) is 109 Å². The lowest BCUT2D eigenvalue weighted by Gasteiger charge is -2.41. The van der Waals surface area contributed by atoms with Crippen LogP contribution < -0.4 is 0 Å². The number of allylic oxidation sites excluding steroid dienone is 9. The number of hydrogen-bond acceptors (Lipinski definition) is 2. The van der Waals surface area contributed by atoms with Gasteiger partial charge in [0, 0.05) is 0 Å². The summed E-state index contributed by atoms with van der Waals surface area (Å²) in [4.78, 5) is 0. The van der Waals surface area contributed by atoms with Gasteiger partial charge in [0.15, 0.2) is 0 Å². The van der Waals surface area contributed by atoms with E-state index in [4.69, 9.17) is 4.65 Å². The first kappa shape index (κ1) is 33.5. The Morgan fingerprint density at radius 2 is 1.35 bits per heavy atom. The maximum atomic E-state index is 10.7. The summed E-state index contributed by atoms with van der Waals surface area (Å²) in [6.07, 6.45) is 14.0. The molecule has 0 fully saturated rings. The van der Waals surface area contributed by atoms with Crippen molar-refractivity contribution in [3.63, 3.8) is 0 Å². The highest BCUT2D eigenvalue weighted by atomic mass is 16.5. The minimum atomic E-state index is -0.959. The van der Waals surface area contributed by atoms with Gasteiger partial charge >= 0.3 is 7.48 Å². The molecule has 1 atom stereocenters. The van der Waals surface area contributed by atoms with Crippen LogP contribution in [0.2, 0.25) is 0 Å². The zero-order valence-electron chi connectivity index (χ0n) is 29.3. The summed E-state index contributed by atoms with van der Waals surface area (Å²) >= 11 is 0. The Bertz CT molecular complexity index is 1850. The standard InChI is InChI=1S/C45H47BO2/c1-8-10-21-36(9-2)45(37-24-27-42(31(3)28-37)46-48-44(6,7)43(4,5)47)40-29-34(32-17-13-11-14-18-32)22-25-38(40)39-26-23-35(30-41(39)45)33-19-15-12-16-20-33/h8-27,29-31,46-47H,1,28H2,2-7H3/b21-10-,36-9+. The van der Waals surface area contributed by atoms with Crippen LogP contribution in [0.1, 0.15) is 59.1 Å². The van der Waals surface area contributed by atoms with E-state index in [0.717, 1.165) is 6.42 Å². The molecule has 3 heteroatoms. The summed E-state index contributed by atoms with van der Waals surface area (Å²) in [5.74, 6) is 0.253. The largest absolute Gasteiger partial charge is 0.427 e. The second-order valence-electron chi connectivity index (χ2n) is 14.2. The van der Waals surface area contributed by atoms with E-state index in [-0.39, 0.29) is 5.92 Å². The molecule has 1 N–H and O–H groups in total. The third-order valence-corrected chi connectivity index (χ3v) is 10.7. The molecule has 0 saturated carbocycles. The maximum absolute atomic E-state index is 10.7. The van der Waals surface area contributed by atoms with Crippen LogP contribution in [0.15, 0.2) is 157 Å². The summed E-state index contributed by atoms with van der Waals surface area (Å²) < 4.78 is 6.37. The van der Waals surface area contributed by atoms with Gasteiger partial charge < -0.3 is 9.76 Å². The van der Waals surface area contributed by atoms with Gasteiger partial charge in [-0.1, -0.05) is 146 Å². The molecule has 2 nitrogen and oxygen atoms in total.